The van der Waals surface area contributed by atoms with Crippen molar-refractivity contribution in [2.24, 2.45) is 11.8 Å². The van der Waals surface area contributed by atoms with Crippen LogP contribution in [0.4, 0.5) is 0 Å². The number of nitrogens with zero attached hydrogens (tertiary/aromatic N) is 3. The number of hydrogen-bond donors (Lipinski definition) is 1. The van der Waals surface area contributed by atoms with Crippen LogP contribution in [-0.4, -0.2) is 60.7 Å². The predicted molar refractivity (Wildman–Crippen MR) is 149 cm³/mol. The molecule has 1 amide bonds. The summed E-state index contributed by atoms with van der Waals surface area (Å²) in [7, 11) is 1.03. The Hall–Kier alpha value is -2.44. The van der Waals surface area contributed by atoms with Gasteiger partial charge in [0.1, 0.15) is 16.9 Å². The van der Waals surface area contributed by atoms with Crippen molar-refractivity contribution in [3.05, 3.63) is 53.2 Å². The number of hydrogen-bond acceptors (Lipinski definition) is 8. The normalized spacial score (nSPS) is 20.2. The van der Waals surface area contributed by atoms with Crippen LogP contribution in [0.25, 0.3) is 4.83 Å². The molecule has 206 valence electrons. The fraction of sp³-hybridized carbons (Fsp3) is 0.556. The zero-order valence-corrected chi connectivity index (χ0v) is 25.4. The molecule has 0 radical (unpaired) electrons. The van der Waals surface area contributed by atoms with E-state index in [0.29, 0.717) is 16.1 Å². The Morgan fingerprint density at radius 2 is 1.89 bits per heavy atom. The van der Waals surface area contributed by atoms with Crippen LogP contribution in [0.15, 0.2) is 37.1 Å². The van der Waals surface area contributed by atoms with E-state index >= 15 is 0 Å². The van der Waals surface area contributed by atoms with Gasteiger partial charge in [-0.25, -0.2) is 4.98 Å². The number of methoxy groups -OCH3 is 2. The van der Waals surface area contributed by atoms with Crippen molar-refractivity contribution >= 4 is 36.2 Å². The number of pyridine rings is 1. The molecule has 0 spiro atoms. The van der Waals surface area contributed by atoms with Crippen LogP contribution in [0.2, 0.25) is 18.1 Å². The second kappa shape index (κ2) is 10.3. The zero-order chi connectivity index (χ0) is 28.0. The number of carbonyl (C=O) groups excluding carboxylic acids is 2. The molecule has 1 N–H and O–H groups in total. The molecule has 1 aliphatic heterocycles. The fourth-order valence-electron chi connectivity index (χ4n) is 4.81. The van der Waals surface area contributed by atoms with E-state index in [2.05, 4.69) is 49.1 Å². The first kappa shape index (κ1) is 28.6. The minimum atomic E-state index is -2.07. The van der Waals surface area contributed by atoms with E-state index in [1.54, 1.807) is 45.2 Å². The maximum absolute atomic E-state index is 13.7. The van der Waals surface area contributed by atoms with Crippen LogP contribution in [0, 0.1) is 11.8 Å². The lowest BCUT2D eigenvalue weighted by Crippen LogP contribution is -2.66. The van der Waals surface area contributed by atoms with E-state index in [-0.39, 0.29) is 34.8 Å². The predicted octanol–water partition coefficient (Wildman–Crippen LogP) is 4.63. The summed E-state index contributed by atoms with van der Waals surface area (Å²) in [6.07, 6.45) is 6.50. The van der Waals surface area contributed by atoms with Gasteiger partial charge in [-0.05, 0) is 31.1 Å². The molecular weight excluding hydrogens is 520 g/mol. The van der Waals surface area contributed by atoms with Gasteiger partial charge in [0, 0.05) is 44.3 Å². The van der Waals surface area contributed by atoms with E-state index in [0.717, 1.165) is 4.83 Å². The Morgan fingerprint density at radius 1 is 1.21 bits per heavy atom. The Kier molecular flexibility index (Phi) is 7.72. The fourth-order valence-corrected chi connectivity index (χ4v) is 7.39. The van der Waals surface area contributed by atoms with Crippen LogP contribution in [0.1, 0.15) is 55.5 Å². The Bertz CT molecular complexity index is 1310. The molecule has 4 atom stereocenters. The number of nitrogens with one attached hydrogen (secondary N) is 1. The van der Waals surface area contributed by atoms with Crippen LogP contribution in [-0.2, 0) is 24.5 Å². The van der Waals surface area contributed by atoms with Crippen LogP contribution < -0.4 is 5.32 Å². The lowest BCUT2D eigenvalue weighted by molar-refractivity contribution is -0.185. The van der Waals surface area contributed by atoms with E-state index < -0.39 is 20.0 Å². The Labute approximate surface area is 229 Å². The summed E-state index contributed by atoms with van der Waals surface area (Å²) in [5.41, 5.74) is 1.23. The number of aromatic nitrogens is 3. The summed E-state index contributed by atoms with van der Waals surface area (Å²) >= 11 is 1.33. The van der Waals surface area contributed by atoms with Crippen molar-refractivity contribution in [3.8, 4) is 0 Å². The number of imidazole rings is 1. The van der Waals surface area contributed by atoms with E-state index in [9.17, 15) is 9.59 Å². The highest BCUT2D eigenvalue weighted by Crippen LogP contribution is 2.41. The average molecular weight is 559 g/mol. The molecule has 0 unspecified atom stereocenters. The summed E-state index contributed by atoms with van der Waals surface area (Å²) in [6.45, 7) is 14.7. The van der Waals surface area contributed by atoms with Crippen LogP contribution in [0.3, 0.4) is 0 Å². The molecule has 0 bridgehead atoms. The third-order valence-corrected chi connectivity index (χ3v) is 13.8. The summed E-state index contributed by atoms with van der Waals surface area (Å²) in [5, 5.41) is 2.99. The topological polar surface area (TPSA) is 104 Å². The smallest absolute Gasteiger partial charge is 0.243 e. The number of ether oxygens (including phenoxy) is 2. The van der Waals surface area contributed by atoms with E-state index in [4.69, 9.17) is 13.9 Å². The van der Waals surface area contributed by atoms with Gasteiger partial charge in [0.2, 0.25) is 11.7 Å². The third-order valence-electron chi connectivity index (χ3n) is 8.13. The number of rotatable bonds is 10. The zero-order valence-electron chi connectivity index (χ0n) is 23.6. The SMILES string of the molecule is COC(OC)(c1cccnc1)c1ncn2cc(C(=O)[C@H](C)[C@H]3NC(=O)[C@H]3[C@@H](C)O[Si](C)(C)C(C)(C)C)sc12. The first-order chi connectivity index (χ1) is 17.8. The first-order valence-corrected chi connectivity index (χ1v) is 16.5. The van der Waals surface area contributed by atoms with E-state index in [1.807, 2.05) is 24.3 Å². The lowest BCUT2D eigenvalue weighted by Gasteiger charge is -2.46. The number of β-lactam (4-membered cyclic amide) rings is 1. The minimum Gasteiger partial charge on any atom is -0.413 e. The van der Waals surface area contributed by atoms with Gasteiger partial charge in [-0.1, -0.05) is 33.8 Å². The van der Waals surface area contributed by atoms with Crippen molar-refractivity contribution in [3.63, 3.8) is 0 Å². The molecule has 3 aromatic rings. The minimum absolute atomic E-state index is 0.0262. The molecule has 1 fully saturated rings. The average Bonchev–Trinajstić information content (AvgIpc) is 3.44. The number of amides is 1. The second-order valence-corrected chi connectivity index (χ2v) is 17.3. The molecule has 9 nitrogen and oxygen atoms in total. The molecule has 11 heteroatoms. The van der Waals surface area contributed by atoms with E-state index in [1.165, 1.54) is 11.3 Å². The number of thiazole rings is 1. The quantitative estimate of drug-likeness (QED) is 0.167. The highest BCUT2D eigenvalue weighted by Gasteiger charge is 2.50. The molecule has 4 rings (SSSR count). The van der Waals surface area contributed by atoms with Crippen molar-refractivity contribution in [2.45, 2.75) is 70.7 Å². The highest BCUT2D eigenvalue weighted by atomic mass is 32.1. The van der Waals surface area contributed by atoms with Crippen LogP contribution in [0.5, 0.6) is 0 Å². The van der Waals surface area contributed by atoms with Gasteiger partial charge in [0.15, 0.2) is 14.1 Å². The number of Topliss-reactive ketones (excluding diaryl/α,β-unsaturated/α-hetero) is 1. The number of carbonyl (C=O) groups is 2. The first-order valence-electron chi connectivity index (χ1n) is 12.8. The van der Waals surface area contributed by atoms with Gasteiger partial charge in [0.25, 0.3) is 0 Å². The molecule has 4 heterocycles. The van der Waals surface area contributed by atoms with Gasteiger partial charge < -0.3 is 19.2 Å². The van der Waals surface area contributed by atoms with Crippen molar-refractivity contribution in [2.75, 3.05) is 14.2 Å². The summed E-state index contributed by atoms with van der Waals surface area (Å²) in [6, 6.07) is 3.38. The van der Waals surface area contributed by atoms with Gasteiger partial charge >= 0.3 is 0 Å². The van der Waals surface area contributed by atoms with Gasteiger partial charge in [-0.15, -0.1) is 11.3 Å². The monoisotopic (exact) mass is 558 g/mol. The molecule has 0 aromatic carbocycles. The lowest BCUT2D eigenvalue weighted by atomic mass is 9.77. The highest BCUT2D eigenvalue weighted by molar-refractivity contribution is 7.19. The molecule has 1 aliphatic rings. The van der Waals surface area contributed by atoms with Crippen molar-refractivity contribution in [1.29, 1.82) is 0 Å². The molecule has 1 saturated heterocycles. The molecule has 0 saturated carbocycles. The molecule has 38 heavy (non-hydrogen) atoms. The maximum Gasteiger partial charge on any atom is 0.243 e. The second-order valence-electron chi connectivity index (χ2n) is 11.5. The van der Waals surface area contributed by atoms with Gasteiger partial charge in [0.05, 0.1) is 22.9 Å². The van der Waals surface area contributed by atoms with Crippen LogP contribution >= 0.6 is 11.3 Å². The third kappa shape index (κ3) is 4.75. The maximum atomic E-state index is 13.7. The van der Waals surface area contributed by atoms with Crippen molar-refractivity contribution in [1.82, 2.24) is 19.7 Å². The standard InChI is InChI=1S/C27H38N4O5SSi/c1-16(21-20(24(33)30-21)17(2)36-38(8,9)26(3,4)5)22(32)19-14-31-15-29-23(25(31)37-19)27(34-6,35-7)18-11-10-12-28-13-18/h10-17,20-21H,1-9H3,(H,30,33)/t16-,17-,20+,21-/m1/s1. The summed E-state index contributed by atoms with van der Waals surface area (Å²) in [4.78, 5) is 36.3. The summed E-state index contributed by atoms with van der Waals surface area (Å²) in [5.74, 6) is -2.17. The number of fused-ring (bicyclic) bond motifs is 1. The largest absolute Gasteiger partial charge is 0.413 e. The Balaban J connectivity index is 1.59. The van der Waals surface area contributed by atoms with Gasteiger partial charge in [-0.2, -0.15) is 0 Å². The molecular formula is C27H38N4O5SSi. The summed E-state index contributed by atoms with van der Waals surface area (Å²) < 4.78 is 20.0. The van der Waals surface area contributed by atoms with Crippen molar-refractivity contribution < 1.29 is 23.5 Å². The Morgan fingerprint density at radius 3 is 2.45 bits per heavy atom. The molecule has 0 aliphatic carbocycles. The van der Waals surface area contributed by atoms with Gasteiger partial charge in [-0.3, -0.25) is 19.0 Å². The number of ketones is 1. The molecule has 3 aromatic heterocycles.